The minimum absolute atomic E-state index is 0.0766. The number of furan rings is 1. The van der Waals surface area contributed by atoms with Crippen molar-refractivity contribution in [2.24, 2.45) is 0 Å². The van der Waals surface area contributed by atoms with E-state index in [0.717, 1.165) is 24.8 Å². The molecule has 2 amide bonds. The van der Waals surface area contributed by atoms with Crippen molar-refractivity contribution in [3.8, 4) is 0 Å². The van der Waals surface area contributed by atoms with Gasteiger partial charge in [0, 0.05) is 32.3 Å². The normalized spacial score (nSPS) is 21.5. The minimum atomic E-state index is -0.212. The highest BCUT2D eigenvalue weighted by atomic mass is 16.5. The molecule has 1 spiro atoms. The summed E-state index contributed by atoms with van der Waals surface area (Å²) in [5.74, 6) is 0.350. The number of carbonyl (C=O) groups is 2. The van der Waals surface area contributed by atoms with Crippen LogP contribution in [0.15, 0.2) is 53.1 Å². The highest BCUT2D eigenvalue weighted by Crippen LogP contribution is 2.45. The molecule has 0 bridgehead atoms. The fraction of sp³-hybridized carbons (Fsp3) is 0.455. The number of ether oxygens (including phenoxy) is 1. The molecule has 1 atom stereocenters. The Labute approximate surface area is 165 Å². The highest BCUT2D eigenvalue weighted by Gasteiger charge is 2.52. The molecule has 4 rings (SSSR count). The molecule has 1 unspecified atom stereocenters. The van der Waals surface area contributed by atoms with Crippen molar-refractivity contribution in [2.45, 2.75) is 30.7 Å². The maximum absolute atomic E-state index is 13.3. The molecule has 2 aliphatic rings. The number of likely N-dealkylation sites (tertiary alicyclic amines) is 2. The van der Waals surface area contributed by atoms with Gasteiger partial charge in [-0.3, -0.25) is 9.59 Å². The van der Waals surface area contributed by atoms with Crippen LogP contribution in [0, 0.1) is 0 Å². The number of hydrogen-bond donors (Lipinski definition) is 0. The molecular weight excluding hydrogens is 356 g/mol. The van der Waals surface area contributed by atoms with Crippen LogP contribution in [0.4, 0.5) is 0 Å². The van der Waals surface area contributed by atoms with Crippen LogP contribution in [-0.4, -0.2) is 60.5 Å². The molecule has 0 radical (unpaired) electrons. The predicted octanol–water partition coefficient (Wildman–Crippen LogP) is 2.92. The average Bonchev–Trinajstić information content (AvgIpc) is 3.35. The van der Waals surface area contributed by atoms with Crippen molar-refractivity contribution in [3.05, 3.63) is 60.1 Å². The van der Waals surface area contributed by atoms with E-state index in [4.69, 9.17) is 9.15 Å². The molecule has 0 saturated carbocycles. The Hall–Kier alpha value is -2.60. The summed E-state index contributed by atoms with van der Waals surface area (Å²) in [5.41, 5.74) is 0.858. The first-order valence-corrected chi connectivity index (χ1v) is 9.83. The molecule has 2 fully saturated rings. The summed E-state index contributed by atoms with van der Waals surface area (Å²) < 4.78 is 10.5. The molecule has 2 saturated heterocycles. The van der Waals surface area contributed by atoms with E-state index in [-0.39, 0.29) is 23.3 Å². The van der Waals surface area contributed by atoms with E-state index < -0.39 is 0 Å². The van der Waals surface area contributed by atoms with Gasteiger partial charge in [0.25, 0.3) is 5.91 Å². The van der Waals surface area contributed by atoms with Gasteiger partial charge < -0.3 is 19.0 Å². The van der Waals surface area contributed by atoms with Gasteiger partial charge in [-0.25, -0.2) is 0 Å². The van der Waals surface area contributed by atoms with Crippen LogP contribution in [-0.2, 0) is 9.53 Å². The van der Waals surface area contributed by atoms with Crippen LogP contribution in [0.3, 0.4) is 0 Å². The first-order chi connectivity index (χ1) is 13.6. The summed E-state index contributed by atoms with van der Waals surface area (Å²) in [4.78, 5) is 29.7. The molecule has 1 aromatic heterocycles. The number of nitrogens with zero attached hydrogens (tertiary/aromatic N) is 2. The monoisotopic (exact) mass is 382 g/mol. The number of rotatable bonds is 5. The van der Waals surface area contributed by atoms with Crippen LogP contribution in [0.1, 0.15) is 41.3 Å². The molecule has 6 nitrogen and oxygen atoms in total. The summed E-state index contributed by atoms with van der Waals surface area (Å²) in [6.45, 7) is 2.35. The van der Waals surface area contributed by atoms with E-state index in [1.807, 2.05) is 40.1 Å². The first kappa shape index (κ1) is 18.7. The van der Waals surface area contributed by atoms with E-state index in [1.165, 1.54) is 6.26 Å². The second-order valence-electron chi connectivity index (χ2n) is 7.64. The summed E-state index contributed by atoms with van der Waals surface area (Å²) >= 11 is 0. The van der Waals surface area contributed by atoms with Crippen molar-refractivity contribution in [3.63, 3.8) is 0 Å². The Morgan fingerprint density at radius 2 is 1.93 bits per heavy atom. The van der Waals surface area contributed by atoms with E-state index >= 15 is 0 Å². The fourth-order valence-corrected chi connectivity index (χ4v) is 4.63. The van der Waals surface area contributed by atoms with Gasteiger partial charge in [0.05, 0.1) is 18.8 Å². The zero-order valence-electron chi connectivity index (χ0n) is 16.2. The van der Waals surface area contributed by atoms with E-state index in [9.17, 15) is 9.59 Å². The number of piperidine rings is 1. The van der Waals surface area contributed by atoms with Gasteiger partial charge in [0.2, 0.25) is 5.91 Å². The molecule has 3 heterocycles. The second-order valence-corrected chi connectivity index (χ2v) is 7.64. The van der Waals surface area contributed by atoms with Crippen molar-refractivity contribution in [1.82, 2.24) is 9.80 Å². The second kappa shape index (κ2) is 7.80. The van der Waals surface area contributed by atoms with Crippen molar-refractivity contribution in [1.29, 1.82) is 0 Å². The van der Waals surface area contributed by atoms with E-state index in [1.54, 1.807) is 19.2 Å². The van der Waals surface area contributed by atoms with Gasteiger partial charge in [0.15, 0.2) is 5.76 Å². The zero-order chi connectivity index (χ0) is 19.6. The van der Waals surface area contributed by atoms with Gasteiger partial charge >= 0.3 is 0 Å². The lowest BCUT2D eigenvalue weighted by Gasteiger charge is -2.44. The summed E-state index contributed by atoms with van der Waals surface area (Å²) in [6.07, 6.45) is 3.87. The third-order valence-electron chi connectivity index (χ3n) is 6.16. The Morgan fingerprint density at radius 1 is 1.18 bits per heavy atom. The standard InChI is InChI=1S/C22H26N2O4/c1-27-15-13-24-20(25)18(17-6-3-2-4-7-17)16-22(24)9-11-23(12-10-22)21(26)19-8-5-14-28-19/h2-8,14,18H,9-13,15-16H2,1H3. The SMILES string of the molecule is COCCN1C(=O)C(c2ccccc2)CC12CCN(C(=O)c1ccco1)CC2. The largest absolute Gasteiger partial charge is 0.459 e. The van der Waals surface area contributed by atoms with E-state index in [2.05, 4.69) is 0 Å². The molecule has 0 N–H and O–H groups in total. The quantitative estimate of drug-likeness (QED) is 0.798. The Balaban J connectivity index is 1.53. The van der Waals surface area contributed by atoms with Crippen molar-refractivity contribution >= 4 is 11.8 Å². The lowest BCUT2D eigenvalue weighted by molar-refractivity contribution is -0.134. The maximum Gasteiger partial charge on any atom is 0.289 e. The third-order valence-corrected chi connectivity index (χ3v) is 6.16. The van der Waals surface area contributed by atoms with Gasteiger partial charge in [-0.1, -0.05) is 30.3 Å². The number of hydrogen-bond acceptors (Lipinski definition) is 4. The lowest BCUT2D eigenvalue weighted by Crippen LogP contribution is -2.54. The third kappa shape index (κ3) is 3.33. The zero-order valence-corrected chi connectivity index (χ0v) is 16.2. The number of carbonyl (C=O) groups excluding carboxylic acids is 2. The molecule has 148 valence electrons. The molecule has 2 aliphatic heterocycles. The topological polar surface area (TPSA) is 63.0 Å². The number of methoxy groups -OCH3 is 1. The van der Waals surface area contributed by atoms with Crippen LogP contribution >= 0.6 is 0 Å². The molecular formula is C22H26N2O4. The highest BCUT2D eigenvalue weighted by molar-refractivity contribution is 5.91. The van der Waals surface area contributed by atoms with Crippen molar-refractivity contribution in [2.75, 3.05) is 33.4 Å². The van der Waals surface area contributed by atoms with Crippen LogP contribution in [0.5, 0.6) is 0 Å². The molecule has 0 aliphatic carbocycles. The van der Waals surface area contributed by atoms with Crippen LogP contribution < -0.4 is 0 Å². The number of benzene rings is 1. The average molecular weight is 382 g/mol. The van der Waals surface area contributed by atoms with Crippen LogP contribution in [0.25, 0.3) is 0 Å². The number of amides is 2. The van der Waals surface area contributed by atoms with Gasteiger partial charge in [-0.2, -0.15) is 0 Å². The van der Waals surface area contributed by atoms with E-state index in [0.29, 0.717) is 32.0 Å². The Kier molecular flexibility index (Phi) is 5.22. The molecule has 28 heavy (non-hydrogen) atoms. The summed E-state index contributed by atoms with van der Waals surface area (Å²) in [7, 11) is 1.66. The van der Waals surface area contributed by atoms with Gasteiger partial charge in [0.1, 0.15) is 0 Å². The molecule has 6 heteroatoms. The summed E-state index contributed by atoms with van der Waals surface area (Å²) in [5, 5.41) is 0. The lowest BCUT2D eigenvalue weighted by atomic mass is 9.81. The Morgan fingerprint density at radius 3 is 2.57 bits per heavy atom. The Bertz CT molecular complexity index is 810. The van der Waals surface area contributed by atoms with Gasteiger partial charge in [-0.15, -0.1) is 0 Å². The van der Waals surface area contributed by atoms with Crippen molar-refractivity contribution < 1.29 is 18.7 Å². The first-order valence-electron chi connectivity index (χ1n) is 9.83. The fourth-order valence-electron chi connectivity index (χ4n) is 4.63. The molecule has 2 aromatic rings. The van der Waals surface area contributed by atoms with Crippen LogP contribution in [0.2, 0.25) is 0 Å². The van der Waals surface area contributed by atoms with Gasteiger partial charge in [-0.05, 0) is 37.0 Å². The minimum Gasteiger partial charge on any atom is -0.459 e. The summed E-state index contributed by atoms with van der Waals surface area (Å²) in [6, 6.07) is 13.4. The molecule has 1 aromatic carbocycles. The predicted molar refractivity (Wildman–Crippen MR) is 104 cm³/mol. The smallest absolute Gasteiger partial charge is 0.289 e. The maximum atomic E-state index is 13.3.